The summed E-state index contributed by atoms with van der Waals surface area (Å²) in [6.45, 7) is 0. The molecule has 8 nitrogen and oxygen atoms in total. The van der Waals surface area contributed by atoms with Crippen molar-refractivity contribution in [2.24, 2.45) is 5.73 Å². The van der Waals surface area contributed by atoms with E-state index >= 15 is 0 Å². The molecule has 19 heavy (non-hydrogen) atoms. The van der Waals surface area contributed by atoms with Crippen molar-refractivity contribution in [2.45, 2.75) is 50.3 Å². The topological polar surface area (TPSA) is 142 Å². The lowest BCUT2D eigenvalue weighted by molar-refractivity contribution is -0.140. The summed E-state index contributed by atoms with van der Waals surface area (Å²) in [7, 11) is 0. The lowest BCUT2D eigenvalue weighted by Crippen LogP contribution is -2.50. The molecule has 0 aromatic heterocycles. The second-order valence-electron chi connectivity index (χ2n) is 4.68. The lowest BCUT2D eigenvalue weighted by Gasteiger charge is -2.26. The molecule has 1 fully saturated rings. The van der Waals surface area contributed by atoms with Crippen LogP contribution in [0.25, 0.3) is 0 Å². The van der Waals surface area contributed by atoms with Crippen LogP contribution in [-0.4, -0.2) is 46.3 Å². The molecule has 0 aromatic rings. The van der Waals surface area contributed by atoms with Crippen molar-refractivity contribution in [1.82, 2.24) is 10.6 Å². The number of carboxylic acid groups (broad SMARTS) is 1. The number of nitrogens with one attached hydrogen (secondary N) is 2. The van der Waals surface area contributed by atoms with Crippen molar-refractivity contribution >= 4 is 17.9 Å². The molecule has 0 heterocycles. The van der Waals surface area contributed by atoms with Crippen molar-refractivity contribution in [3.63, 3.8) is 0 Å². The molecule has 0 aromatic carbocycles. The summed E-state index contributed by atoms with van der Waals surface area (Å²) in [6, 6.07) is -2.06. The quantitative estimate of drug-likeness (QED) is 0.433. The van der Waals surface area contributed by atoms with Gasteiger partial charge in [-0.05, 0) is 25.7 Å². The van der Waals surface area contributed by atoms with Gasteiger partial charge in [0.2, 0.25) is 5.91 Å². The van der Waals surface area contributed by atoms with Crippen LogP contribution in [0, 0.1) is 0 Å². The Morgan fingerprint density at radius 3 is 2.26 bits per heavy atom. The van der Waals surface area contributed by atoms with Gasteiger partial charge in [0.25, 0.3) is 0 Å². The Balaban J connectivity index is 2.40. The summed E-state index contributed by atoms with van der Waals surface area (Å²) >= 11 is 0. The van der Waals surface area contributed by atoms with Gasteiger partial charge in [-0.3, -0.25) is 4.79 Å². The number of aliphatic hydroxyl groups excluding tert-OH is 1. The van der Waals surface area contributed by atoms with Crippen LogP contribution in [-0.2, 0) is 9.59 Å². The number of carbonyl (C=O) groups excluding carboxylic acids is 2. The maximum Gasteiger partial charge on any atom is 0.326 e. The molecular formula is C11H19N3O5. The van der Waals surface area contributed by atoms with Gasteiger partial charge in [-0.1, -0.05) is 0 Å². The van der Waals surface area contributed by atoms with E-state index in [0.717, 1.165) is 0 Å². The standard InChI is InChI=1S/C11H19N3O5/c12-9(16)5-8(10(17)18)14-11(19)13-6-1-3-7(15)4-2-6/h6-8,15H,1-5H2,(H2,12,16)(H,17,18)(H2,13,14,19)/t6?,7?,8-/m1/s1. The van der Waals surface area contributed by atoms with Gasteiger partial charge in [-0.2, -0.15) is 0 Å². The third-order valence-corrected chi connectivity index (χ3v) is 3.04. The van der Waals surface area contributed by atoms with Gasteiger partial charge in [0.15, 0.2) is 0 Å². The van der Waals surface area contributed by atoms with Crippen molar-refractivity contribution in [3.8, 4) is 0 Å². The number of urea groups is 1. The largest absolute Gasteiger partial charge is 0.480 e. The lowest BCUT2D eigenvalue weighted by atomic mass is 9.93. The fourth-order valence-electron chi connectivity index (χ4n) is 2.01. The molecule has 8 heteroatoms. The van der Waals surface area contributed by atoms with Crippen molar-refractivity contribution in [2.75, 3.05) is 0 Å². The van der Waals surface area contributed by atoms with Gasteiger partial charge < -0.3 is 26.6 Å². The second kappa shape index (κ2) is 6.93. The van der Waals surface area contributed by atoms with Crippen LogP contribution in [0.3, 0.4) is 0 Å². The molecular weight excluding hydrogens is 254 g/mol. The van der Waals surface area contributed by atoms with Crippen LogP contribution in [0.1, 0.15) is 32.1 Å². The molecule has 1 aliphatic carbocycles. The molecule has 1 atom stereocenters. The van der Waals surface area contributed by atoms with Gasteiger partial charge in [-0.25, -0.2) is 9.59 Å². The Morgan fingerprint density at radius 2 is 1.79 bits per heavy atom. The minimum Gasteiger partial charge on any atom is -0.480 e. The van der Waals surface area contributed by atoms with Crippen LogP contribution < -0.4 is 16.4 Å². The number of carboxylic acids is 1. The molecule has 6 N–H and O–H groups in total. The van der Waals surface area contributed by atoms with E-state index in [9.17, 15) is 19.5 Å². The minimum absolute atomic E-state index is 0.0913. The smallest absolute Gasteiger partial charge is 0.326 e. The van der Waals surface area contributed by atoms with Crippen LogP contribution in [0.5, 0.6) is 0 Å². The second-order valence-corrected chi connectivity index (χ2v) is 4.68. The highest BCUT2D eigenvalue weighted by molar-refractivity contribution is 5.87. The first-order valence-corrected chi connectivity index (χ1v) is 6.14. The highest BCUT2D eigenvalue weighted by atomic mass is 16.4. The number of nitrogens with two attached hydrogens (primary N) is 1. The van der Waals surface area contributed by atoms with Gasteiger partial charge in [0.1, 0.15) is 6.04 Å². The highest BCUT2D eigenvalue weighted by Gasteiger charge is 2.25. The number of hydrogen-bond donors (Lipinski definition) is 5. The Bertz CT molecular complexity index is 352. The number of amides is 3. The van der Waals surface area contributed by atoms with Gasteiger partial charge in [0.05, 0.1) is 12.5 Å². The SMILES string of the molecule is NC(=O)C[C@@H](NC(=O)NC1CCC(O)CC1)C(=O)O. The highest BCUT2D eigenvalue weighted by Crippen LogP contribution is 2.18. The molecule has 108 valence electrons. The average molecular weight is 273 g/mol. The van der Waals surface area contributed by atoms with E-state index < -0.39 is 30.4 Å². The van der Waals surface area contributed by atoms with E-state index in [4.69, 9.17) is 10.8 Å². The Hall–Kier alpha value is -1.83. The number of rotatable bonds is 5. The van der Waals surface area contributed by atoms with Gasteiger partial charge >= 0.3 is 12.0 Å². The molecule has 0 bridgehead atoms. The van der Waals surface area contributed by atoms with Crippen LogP contribution in [0.4, 0.5) is 4.79 Å². The number of hydrogen-bond acceptors (Lipinski definition) is 4. The summed E-state index contributed by atoms with van der Waals surface area (Å²) in [4.78, 5) is 33.1. The van der Waals surface area contributed by atoms with E-state index in [1.807, 2.05) is 0 Å². The van der Waals surface area contributed by atoms with E-state index in [-0.39, 0.29) is 12.1 Å². The summed E-state index contributed by atoms with van der Waals surface area (Å²) in [5.41, 5.74) is 4.90. The average Bonchev–Trinajstić information content (AvgIpc) is 2.30. The summed E-state index contributed by atoms with van der Waals surface area (Å²) in [5.74, 6) is -2.11. The summed E-state index contributed by atoms with van der Waals surface area (Å²) in [5, 5.41) is 23.0. The number of aliphatic hydroxyl groups is 1. The van der Waals surface area contributed by atoms with Gasteiger partial charge in [-0.15, -0.1) is 0 Å². The number of aliphatic carboxylic acids is 1. The zero-order chi connectivity index (χ0) is 14.4. The number of primary amides is 1. The molecule has 0 unspecified atom stereocenters. The molecule has 3 amide bonds. The molecule has 0 aliphatic heterocycles. The monoisotopic (exact) mass is 273 g/mol. The molecule has 0 radical (unpaired) electrons. The van der Waals surface area contributed by atoms with Crippen LogP contribution in [0.15, 0.2) is 0 Å². The molecule has 0 spiro atoms. The number of carbonyl (C=O) groups is 3. The first kappa shape index (κ1) is 15.2. The predicted octanol–water partition coefficient (Wildman–Crippen LogP) is -1.08. The molecule has 1 saturated carbocycles. The van der Waals surface area contributed by atoms with Crippen molar-refractivity contribution in [3.05, 3.63) is 0 Å². The Morgan fingerprint density at radius 1 is 1.21 bits per heavy atom. The summed E-state index contributed by atoms with van der Waals surface area (Å²) in [6.07, 6.45) is 1.71. The summed E-state index contributed by atoms with van der Waals surface area (Å²) < 4.78 is 0. The van der Waals surface area contributed by atoms with Gasteiger partial charge in [0, 0.05) is 6.04 Å². The third kappa shape index (κ3) is 5.56. The van der Waals surface area contributed by atoms with Crippen LogP contribution in [0.2, 0.25) is 0 Å². The maximum absolute atomic E-state index is 11.6. The fraction of sp³-hybridized carbons (Fsp3) is 0.727. The van der Waals surface area contributed by atoms with E-state index in [1.54, 1.807) is 0 Å². The molecule has 1 rings (SSSR count). The Kier molecular flexibility index (Phi) is 5.56. The van der Waals surface area contributed by atoms with Crippen molar-refractivity contribution < 1.29 is 24.6 Å². The van der Waals surface area contributed by atoms with E-state index in [1.165, 1.54) is 0 Å². The minimum atomic E-state index is -1.33. The fourth-order valence-corrected chi connectivity index (χ4v) is 2.01. The zero-order valence-electron chi connectivity index (χ0n) is 10.5. The zero-order valence-corrected chi connectivity index (χ0v) is 10.5. The first-order chi connectivity index (χ1) is 8.88. The molecule has 1 aliphatic rings. The molecule has 0 saturated heterocycles. The third-order valence-electron chi connectivity index (χ3n) is 3.04. The van der Waals surface area contributed by atoms with Crippen molar-refractivity contribution in [1.29, 1.82) is 0 Å². The first-order valence-electron chi connectivity index (χ1n) is 6.14. The maximum atomic E-state index is 11.6. The van der Waals surface area contributed by atoms with E-state index in [0.29, 0.717) is 25.7 Å². The predicted molar refractivity (Wildman–Crippen MR) is 65.2 cm³/mol. The normalized spacial score (nSPS) is 24.3. The van der Waals surface area contributed by atoms with E-state index in [2.05, 4.69) is 10.6 Å². The Labute approximate surface area is 110 Å². The van der Waals surface area contributed by atoms with Crippen LogP contribution >= 0.6 is 0 Å².